The van der Waals surface area contributed by atoms with Gasteiger partial charge in [-0.1, -0.05) is 12.1 Å². The Bertz CT molecular complexity index is 823. The summed E-state index contributed by atoms with van der Waals surface area (Å²) < 4.78 is 0. The molecule has 3 amide bonds. The summed E-state index contributed by atoms with van der Waals surface area (Å²) in [6.07, 6.45) is 4.36. The van der Waals surface area contributed by atoms with E-state index in [2.05, 4.69) is 22.0 Å². The first-order valence-corrected chi connectivity index (χ1v) is 9.85. The highest BCUT2D eigenvalue weighted by Crippen LogP contribution is 2.31. The van der Waals surface area contributed by atoms with Crippen molar-refractivity contribution >= 4 is 17.7 Å². The normalized spacial score (nSPS) is 32.1. The second-order valence-corrected chi connectivity index (χ2v) is 8.11. The van der Waals surface area contributed by atoms with Crippen molar-refractivity contribution in [2.75, 3.05) is 0 Å². The first kappa shape index (κ1) is 16.9. The molecule has 1 unspecified atom stereocenters. The Kier molecular flexibility index (Phi) is 4.02. The van der Waals surface area contributed by atoms with Crippen LogP contribution >= 0.6 is 0 Å². The third-order valence-electron chi connectivity index (χ3n) is 6.53. The van der Waals surface area contributed by atoms with Crippen molar-refractivity contribution in [3.05, 3.63) is 34.9 Å². The van der Waals surface area contributed by atoms with E-state index < -0.39 is 6.04 Å². The van der Waals surface area contributed by atoms with Gasteiger partial charge in [0.1, 0.15) is 6.04 Å². The van der Waals surface area contributed by atoms with Gasteiger partial charge in [0.05, 0.1) is 0 Å². The van der Waals surface area contributed by atoms with E-state index in [9.17, 15) is 14.4 Å². The maximum Gasteiger partial charge on any atom is 0.255 e. The summed E-state index contributed by atoms with van der Waals surface area (Å²) >= 11 is 0. The smallest absolute Gasteiger partial charge is 0.255 e. The molecule has 4 heterocycles. The molecule has 5 rings (SSSR count). The van der Waals surface area contributed by atoms with Gasteiger partial charge in [0.2, 0.25) is 11.8 Å². The molecule has 0 aliphatic carbocycles. The maximum absolute atomic E-state index is 12.9. The minimum absolute atomic E-state index is 0.108. The Labute approximate surface area is 157 Å². The molecule has 2 bridgehead atoms. The van der Waals surface area contributed by atoms with Gasteiger partial charge in [-0.15, -0.1) is 0 Å². The molecule has 7 nitrogen and oxygen atoms in total. The first-order chi connectivity index (χ1) is 13.1. The summed E-state index contributed by atoms with van der Waals surface area (Å²) in [6.45, 7) is 1.17. The Hall–Kier alpha value is -2.25. The lowest BCUT2D eigenvalue weighted by atomic mass is 9.95. The molecule has 4 atom stereocenters. The fourth-order valence-electron chi connectivity index (χ4n) is 5.11. The quantitative estimate of drug-likeness (QED) is 0.671. The van der Waals surface area contributed by atoms with E-state index >= 15 is 0 Å². The molecule has 0 spiro atoms. The number of carbonyl (C=O) groups is 3. The predicted octanol–water partition coefficient (Wildman–Crippen LogP) is 0.430. The number of hydrogen-bond donors (Lipinski definition) is 3. The van der Waals surface area contributed by atoms with Gasteiger partial charge in [0.25, 0.3) is 5.91 Å². The van der Waals surface area contributed by atoms with Crippen LogP contribution in [0, 0.1) is 0 Å². The van der Waals surface area contributed by atoms with E-state index in [1.54, 1.807) is 4.90 Å². The molecule has 3 saturated heterocycles. The van der Waals surface area contributed by atoms with Gasteiger partial charge in [0, 0.05) is 43.2 Å². The van der Waals surface area contributed by atoms with Crippen molar-refractivity contribution in [1.82, 2.24) is 20.9 Å². The minimum atomic E-state index is -0.557. The molecule has 3 N–H and O–H groups in total. The van der Waals surface area contributed by atoms with Crippen molar-refractivity contribution < 1.29 is 14.4 Å². The molecule has 1 aromatic rings. The standard InChI is InChI=1S/C20H24N4O3/c25-18-7-6-17(19(26)23-18)24-10-14-11(2-1-3-13(14)20(24)27)9-21-16-8-12-4-5-15(16)22-12/h1-3,12,15-17,21-22H,4-10H2,(H,23,25,26)/t12-,15+,16-,17?/m1/s1. The van der Waals surface area contributed by atoms with Gasteiger partial charge in [-0.3, -0.25) is 19.7 Å². The van der Waals surface area contributed by atoms with Crippen molar-refractivity contribution in [2.24, 2.45) is 0 Å². The van der Waals surface area contributed by atoms with Crippen LogP contribution < -0.4 is 16.0 Å². The second-order valence-electron chi connectivity index (χ2n) is 8.11. The SMILES string of the molecule is O=C1CCC(N2Cc3c(CN[C@@H]4C[C@H]5CC[C@@H]4N5)cccc3C2=O)C(=O)N1. The van der Waals surface area contributed by atoms with Crippen molar-refractivity contribution in [3.8, 4) is 0 Å². The number of amides is 3. The highest BCUT2D eigenvalue weighted by Gasteiger charge is 2.41. The molecule has 1 aromatic carbocycles. The van der Waals surface area contributed by atoms with Crippen LogP contribution in [0.3, 0.4) is 0 Å². The summed E-state index contributed by atoms with van der Waals surface area (Å²) in [5, 5.41) is 9.66. The molecule has 7 heteroatoms. The summed E-state index contributed by atoms with van der Waals surface area (Å²) in [7, 11) is 0. The fraction of sp³-hybridized carbons (Fsp3) is 0.550. The van der Waals surface area contributed by atoms with Crippen molar-refractivity contribution in [3.63, 3.8) is 0 Å². The Morgan fingerprint density at radius 1 is 1.15 bits per heavy atom. The summed E-state index contributed by atoms with van der Waals surface area (Å²) in [6, 6.07) is 6.97. The van der Waals surface area contributed by atoms with Gasteiger partial charge in [-0.25, -0.2) is 0 Å². The largest absolute Gasteiger partial charge is 0.322 e. The predicted molar refractivity (Wildman–Crippen MR) is 97.7 cm³/mol. The zero-order valence-corrected chi connectivity index (χ0v) is 15.2. The molecule has 4 aliphatic heterocycles. The van der Waals surface area contributed by atoms with Gasteiger partial charge < -0.3 is 15.5 Å². The van der Waals surface area contributed by atoms with Crippen LogP contribution in [0.2, 0.25) is 0 Å². The topological polar surface area (TPSA) is 90.5 Å². The van der Waals surface area contributed by atoms with Crippen LogP contribution in [0.5, 0.6) is 0 Å². The Morgan fingerprint density at radius 3 is 2.78 bits per heavy atom. The summed E-state index contributed by atoms with van der Waals surface area (Å²) in [5.41, 5.74) is 2.82. The molecule has 4 aliphatic rings. The van der Waals surface area contributed by atoms with E-state index in [1.807, 2.05) is 12.1 Å². The third-order valence-corrected chi connectivity index (χ3v) is 6.53. The molecule has 142 valence electrons. The maximum atomic E-state index is 12.9. The van der Waals surface area contributed by atoms with Crippen molar-refractivity contribution in [1.29, 1.82) is 0 Å². The third kappa shape index (κ3) is 2.85. The number of piperidine rings is 1. The van der Waals surface area contributed by atoms with E-state index in [1.165, 1.54) is 19.3 Å². The van der Waals surface area contributed by atoms with E-state index in [-0.39, 0.29) is 24.1 Å². The second kappa shape index (κ2) is 6.42. The number of benzene rings is 1. The number of rotatable bonds is 4. The van der Waals surface area contributed by atoms with Crippen LogP contribution in [-0.4, -0.2) is 46.8 Å². The number of carbonyl (C=O) groups excluding carboxylic acids is 3. The molecule has 27 heavy (non-hydrogen) atoms. The molecule has 3 fully saturated rings. The van der Waals surface area contributed by atoms with Crippen LogP contribution in [0.4, 0.5) is 0 Å². The average Bonchev–Trinajstić information content (AvgIpc) is 3.35. The number of imide groups is 1. The van der Waals surface area contributed by atoms with Crippen LogP contribution in [0.1, 0.15) is 53.6 Å². The molecule has 0 aromatic heterocycles. The van der Waals surface area contributed by atoms with Crippen molar-refractivity contribution in [2.45, 2.75) is 69.4 Å². The number of fused-ring (bicyclic) bond motifs is 3. The molecular formula is C20H24N4O3. The average molecular weight is 368 g/mol. The number of nitrogens with one attached hydrogen (secondary N) is 3. The summed E-state index contributed by atoms with van der Waals surface area (Å²) in [5.74, 6) is -0.729. The van der Waals surface area contributed by atoms with Crippen LogP contribution in [0.25, 0.3) is 0 Å². The first-order valence-electron chi connectivity index (χ1n) is 9.85. The lowest BCUT2D eigenvalue weighted by Gasteiger charge is -2.29. The van der Waals surface area contributed by atoms with Gasteiger partial charge in [-0.05, 0) is 42.9 Å². The monoisotopic (exact) mass is 368 g/mol. The van der Waals surface area contributed by atoms with Gasteiger partial charge >= 0.3 is 0 Å². The zero-order chi connectivity index (χ0) is 18.5. The van der Waals surface area contributed by atoms with E-state index in [0.717, 1.165) is 17.7 Å². The van der Waals surface area contributed by atoms with Gasteiger partial charge in [-0.2, -0.15) is 0 Å². The summed E-state index contributed by atoms with van der Waals surface area (Å²) in [4.78, 5) is 38.1. The number of hydrogen-bond acceptors (Lipinski definition) is 5. The zero-order valence-electron chi connectivity index (χ0n) is 15.2. The van der Waals surface area contributed by atoms with Crippen LogP contribution in [0.15, 0.2) is 18.2 Å². The lowest BCUT2D eigenvalue weighted by molar-refractivity contribution is -0.136. The molecule has 0 radical (unpaired) electrons. The van der Waals surface area contributed by atoms with Crippen LogP contribution in [-0.2, 0) is 22.7 Å². The Morgan fingerprint density at radius 2 is 2.04 bits per heavy atom. The highest BCUT2D eigenvalue weighted by molar-refractivity contribution is 6.05. The molecule has 0 saturated carbocycles. The number of nitrogens with zero attached hydrogens (tertiary/aromatic N) is 1. The lowest BCUT2D eigenvalue weighted by Crippen LogP contribution is -2.52. The highest BCUT2D eigenvalue weighted by atomic mass is 16.2. The van der Waals surface area contributed by atoms with E-state index in [4.69, 9.17) is 0 Å². The minimum Gasteiger partial charge on any atom is -0.322 e. The fourth-order valence-corrected chi connectivity index (χ4v) is 5.11. The van der Waals surface area contributed by atoms with E-state index in [0.29, 0.717) is 36.7 Å². The Balaban J connectivity index is 1.31. The van der Waals surface area contributed by atoms with Gasteiger partial charge in [0.15, 0.2) is 0 Å². The molecular weight excluding hydrogens is 344 g/mol.